The summed E-state index contributed by atoms with van der Waals surface area (Å²) in [7, 11) is 2.99. The summed E-state index contributed by atoms with van der Waals surface area (Å²) in [6.45, 7) is 0.801. The van der Waals surface area contributed by atoms with Gasteiger partial charge in [0.15, 0.2) is 46.1 Å². The van der Waals surface area contributed by atoms with Gasteiger partial charge in [-0.1, -0.05) is 25.7 Å². The summed E-state index contributed by atoms with van der Waals surface area (Å²) in [5, 5.41) is 32.7. The van der Waals surface area contributed by atoms with Gasteiger partial charge < -0.3 is 69.5 Å². The number of amides is 4. The molecule has 0 aliphatic heterocycles. The predicted molar refractivity (Wildman–Crippen MR) is 333 cm³/mol. The third kappa shape index (κ3) is 18.3. The Morgan fingerprint density at radius 2 is 0.763 bits per heavy atom. The van der Waals surface area contributed by atoms with E-state index in [1.54, 1.807) is 36.4 Å². The molecule has 2 aliphatic rings. The number of carboxylic acids is 2. The molecule has 480 valence electrons. The number of benzene rings is 6. The van der Waals surface area contributed by atoms with Gasteiger partial charge in [0.1, 0.15) is 34.0 Å². The summed E-state index contributed by atoms with van der Waals surface area (Å²) in [6.07, 6.45) is 10.1. The van der Waals surface area contributed by atoms with Gasteiger partial charge in [0.05, 0.1) is 38.5 Å². The van der Waals surface area contributed by atoms with Crippen molar-refractivity contribution in [1.82, 2.24) is 9.97 Å². The number of methoxy groups -OCH3 is 2. The number of rotatable bonds is 30. The van der Waals surface area contributed by atoms with E-state index in [1.165, 1.54) is 99.4 Å². The number of carbonyl (C=O) groups excluding carboxylic acids is 6. The molecule has 2 aromatic heterocycles. The number of nitrogens with zero attached hydrogens (tertiary/aromatic N) is 2. The molecule has 6 aromatic carbocycles. The Bertz CT molecular complexity index is 3750. The molecule has 20 nitrogen and oxygen atoms in total. The van der Waals surface area contributed by atoms with E-state index >= 15 is 8.78 Å². The average Bonchev–Trinajstić information content (AvgIpc) is 1.58. The smallest absolute Gasteiger partial charge is 0.550 e. The van der Waals surface area contributed by atoms with E-state index in [0.29, 0.717) is 119 Å². The zero-order valence-electron chi connectivity index (χ0n) is 50.8. The van der Waals surface area contributed by atoms with Gasteiger partial charge in [-0.3, -0.25) is 29.1 Å². The number of anilines is 4. The molecule has 2 heterocycles. The van der Waals surface area contributed by atoms with Crippen LogP contribution < -0.4 is 59.9 Å². The van der Waals surface area contributed by atoms with Crippen LogP contribution in [0.4, 0.5) is 40.3 Å². The molecule has 2 fully saturated rings. The SMILES string of the molecule is COc1cc2c(Oc3ccc(NC(=O)C4(C(=O)Nc5ccc(F)cc5)CC4)cc3F)ccnc2cc1OCCCCCCC(=O)[O-].COc1cc2c(Oc3ccc(NC(=O)C4(C(=O)Nc5ccc(F)cc5)CC4)cc3F)ccnc2cc1OCCCCCCC(=O)[O-].[Mg+2]. The molecule has 0 bridgehead atoms. The van der Waals surface area contributed by atoms with Crippen LogP contribution in [0.5, 0.6) is 46.0 Å². The number of carboxylic acid groups (broad SMARTS) is 2. The van der Waals surface area contributed by atoms with Gasteiger partial charge in [0.25, 0.3) is 0 Å². The Balaban J connectivity index is 0.000000236. The number of ether oxygens (including phenoxy) is 6. The molecule has 93 heavy (non-hydrogen) atoms. The number of aliphatic carboxylic acids is 2. The first-order chi connectivity index (χ1) is 44.4. The molecule has 2 aliphatic carbocycles. The second kappa shape index (κ2) is 32.0. The third-order valence-electron chi connectivity index (χ3n) is 15.3. The van der Waals surface area contributed by atoms with Gasteiger partial charge in [-0.05, 0) is 161 Å². The number of fused-ring (bicyclic) bond motifs is 2. The molecule has 4 amide bonds. The minimum Gasteiger partial charge on any atom is -0.550 e. The molecule has 10 rings (SSSR count). The Labute approximate surface area is 547 Å². The van der Waals surface area contributed by atoms with Crippen molar-refractivity contribution < 1.29 is 85.0 Å². The summed E-state index contributed by atoms with van der Waals surface area (Å²) in [4.78, 5) is 81.5. The molecule has 0 saturated heterocycles. The number of nitrogens with one attached hydrogen (secondary N) is 4. The number of pyridine rings is 2. The van der Waals surface area contributed by atoms with Crippen LogP contribution in [0, 0.1) is 34.1 Å². The minimum atomic E-state index is -1.29. The molecule has 0 spiro atoms. The standard InChI is InChI=1S/2C34H33F2N3O7.Mg/c2*1-44-29-19-24-26(20-30(29)45-17-5-3-2-4-6-31(40)41)37-16-13-27(24)46-28-12-11-23(18-25(28)36)39-33(43)34(14-15-34)32(42)38-22-9-7-21(35)8-10-22;/h2*7-13,16,18-20H,2-6,14-15,17H2,1H3,(H,38,42)(H,39,43)(H,40,41);/q;;+2/p-2. The Morgan fingerprint density at radius 3 is 1.10 bits per heavy atom. The van der Waals surface area contributed by atoms with E-state index in [1.807, 2.05) is 0 Å². The topological polar surface area (TPSA) is 278 Å². The number of hydrogen-bond acceptors (Lipinski definition) is 16. The van der Waals surface area contributed by atoms with Gasteiger partial charge >= 0.3 is 23.1 Å². The summed E-state index contributed by atoms with van der Waals surface area (Å²) in [5.41, 5.74) is -0.503. The van der Waals surface area contributed by atoms with Crippen LogP contribution in [0.3, 0.4) is 0 Å². The number of halogens is 4. The minimum absolute atomic E-state index is 0. The van der Waals surface area contributed by atoms with Crippen molar-refractivity contribution in [2.24, 2.45) is 10.8 Å². The summed E-state index contributed by atoms with van der Waals surface area (Å²) in [6, 6.07) is 28.3. The fourth-order valence-electron chi connectivity index (χ4n) is 9.79. The number of carbonyl (C=O) groups is 6. The Hall–Kier alpha value is -9.75. The molecular formula is C68H64F4MgN6O14. The fraction of sp³-hybridized carbons (Fsp3) is 0.294. The second-order valence-electron chi connectivity index (χ2n) is 21.9. The van der Waals surface area contributed by atoms with Gasteiger partial charge in [-0.15, -0.1) is 0 Å². The van der Waals surface area contributed by atoms with Gasteiger partial charge in [-0.25, -0.2) is 17.6 Å². The van der Waals surface area contributed by atoms with Gasteiger partial charge in [0, 0.05) is 82.1 Å². The maximum atomic E-state index is 15.2. The maximum Gasteiger partial charge on any atom is 2.00 e. The zero-order chi connectivity index (χ0) is 65.4. The molecule has 4 N–H and O–H groups in total. The van der Waals surface area contributed by atoms with Crippen molar-refractivity contribution in [3.05, 3.63) is 157 Å². The maximum absolute atomic E-state index is 15.2. The van der Waals surface area contributed by atoms with Crippen LogP contribution in [-0.2, 0) is 28.8 Å². The van der Waals surface area contributed by atoms with E-state index in [4.69, 9.17) is 28.4 Å². The van der Waals surface area contributed by atoms with Crippen molar-refractivity contribution >= 4 is 103 Å². The van der Waals surface area contributed by atoms with Crippen molar-refractivity contribution in [3.8, 4) is 46.0 Å². The molecule has 25 heteroatoms. The van der Waals surface area contributed by atoms with Crippen molar-refractivity contribution in [3.63, 3.8) is 0 Å². The van der Waals surface area contributed by atoms with Crippen LogP contribution in [0.2, 0.25) is 0 Å². The van der Waals surface area contributed by atoms with E-state index in [-0.39, 0.29) is 58.8 Å². The van der Waals surface area contributed by atoms with Gasteiger partial charge in [0.2, 0.25) is 23.6 Å². The number of unbranched alkanes of at least 4 members (excludes halogenated alkanes) is 6. The molecule has 8 aromatic rings. The molecule has 2 saturated carbocycles. The second-order valence-corrected chi connectivity index (χ2v) is 21.9. The van der Waals surface area contributed by atoms with E-state index in [2.05, 4.69) is 31.2 Å². The normalized spacial score (nSPS) is 13.0. The van der Waals surface area contributed by atoms with Crippen molar-refractivity contribution in [1.29, 1.82) is 0 Å². The average molecular weight is 1290 g/mol. The van der Waals surface area contributed by atoms with Crippen LogP contribution in [0.1, 0.15) is 89.9 Å². The van der Waals surface area contributed by atoms with Crippen LogP contribution in [0.15, 0.2) is 134 Å². The van der Waals surface area contributed by atoms with E-state index in [9.17, 15) is 47.8 Å². The van der Waals surface area contributed by atoms with Crippen molar-refractivity contribution in [2.75, 3.05) is 48.7 Å². The summed E-state index contributed by atoms with van der Waals surface area (Å²) < 4.78 is 91.4. The Morgan fingerprint density at radius 1 is 0.419 bits per heavy atom. The number of hydrogen-bond donors (Lipinski definition) is 4. The molecular weight excluding hydrogens is 1230 g/mol. The first kappa shape index (κ1) is 69.1. The molecule has 0 unspecified atom stereocenters. The van der Waals surface area contributed by atoms with E-state index < -0.39 is 69.7 Å². The van der Waals surface area contributed by atoms with Crippen LogP contribution >= 0.6 is 0 Å². The summed E-state index contributed by atoms with van der Waals surface area (Å²) >= 11 is 0. The summed E-state index contributed by atoms with van der Waals surface area (Å²) in [5.74, 6) is -4.41. The third-order valence-corrected chi connectivity index (χ3v) is 15.3. The van der Waals surface area contributed by atoms with Crippen LogP contribution in [-0.4, -0.2) is 96.0 Å². The predicted octanol–water partition coefficient (Wildman–Crippen LogP) is 11.1. The zero-order valence-corrected chi connectivity index (χ0v) is 52.3. The monoisotopic (exact) mass is 1290 g/mol. The largest absolute Gasteiger partial charge is 2.00 e. The van der Waals surface area contributed by atoms with Gasteiger partial charge in [-0.2, -0.15) is 0 Å². The molecule has 0 radical (unpaired) electrons. The number of aromatic nitrogens is 2. The first-order valence-electron chi connectivity index (χ1n) is 29.7. The van der Waals surface area contributed by atoms with Crippen LogP contribution in [0.25, 0.3) is 21.8 Å². The van der Waals surface area contributed by atoms with E-state index in [0.717, 1.165) is 50.7 Å². The first-order valence-corrected chi connectivity index (χ1v) is 29.7. The molecule has 0 atom stereocenters. The quantitative estimate of drug-likeness (QED) is 0.0141. The van der Waals surface area contributed by atoms with Crippen molar-refractivity contribution in [2.45, 2.75) is 89.9 Å². The fourth-order valence-corrected chi connectivity index (χ4v) is 9.79. The Kier molecular flexibility index (Phi) is 23.8.